The summed E-state index contributed by atoms with van der Waals surface area (Å²) in [6, 6.07) is 6.55. The SMILES string of the molecule is CCNC(C1=CCCO1)c1cc(I)ccc1Br. The first-order valence-electron chi connectivity index (χ1n) is 5.73. The Labute approximate surface area is 124 Å². The van der Waals surface area contributed by atoms with Crippen LogP contribution in [0.1, 0.15) is 24.9 Å². The molecule has 92 valence electrons. The molecular formula is C13H15BrINO. The summed E-state index contributed by atoms with van der Waals surface area (Å²) in [7, 11) is 0. The minimum Gasteiger partial charge on any atom is -0.496 e. The summed E-state index contributed by atoms with van der Waals surface area (Å²) in [5.74, 6) is 1.05. The molecule has 2 rings (SSSR count). The minimum absolute atomic E-state index is 0.159. The van der Waals surface area contributed by atoms with Crippen molar-refractivity contribution >= 4 is 38.5 Å². The van der Waals surface area contributed by atoms with Gasteiger partial charge in [0.25, 0.3) is 0 Å². The normalized spacial score (nSPS) is 16.5. The topological polar surface area (TPSA) is 21.3 Å². The predicted octanol–water partition coefficient (Wildman–Crippen LogP) is 4.01. The van der Waals surface area contributed by atoms with Gasteiger partial charge < -0.3 is 10.1 Å². The Morgan fingerprint density at radius 3 is 3.00 bits per heavy atom. The van der Waals surface area contributed by atoms with Crippen molar-refractivity contribution in [1.82, 2.24) is 5.32 Å². The Hall–Kier alpha value is -0.0700. The van der Waals surface area contributed by atoms with Crippen LogP contribution in [0.15, 0.2) is 34.5 Å². The molecule has 0 saturated heterocycles. The van der Waals surface area contributed by atoms with Gasteiger partial charge in [-0.05, 0) is 59.0 Å². The van der Waals surface area contributed by atoms with Crippen LogP contribution in [-0.4, -0.2) is 13.2 Å². The van der Waals surface area contributed by atoms with E-state index in [-0.39, 0.29) is 6.04 Å². The smallest absolute Gasteiger partial charge is 0.114 e. The third-order valence-corrected chi connectivity index (χ3v) is 4.09. The lowest BCUT2D eigenvalue weighted by molar-refractivity contribution is 0.216. The maximum absolute atomic E-state index is 5.69. The number of benzene rings is 1. The van der Waals surface area contributed by atoms with Gasteiger partial charge in [-0.25, -0.2) is 0 Å². The van der Waals surface area contributed by atoms with Gasteiger partial charge in [-0.15, -0.1) is 0 Å². The number of ether oxygens (including phenoxy) is 1. The van der Waals surface area contributed by atoms with E-state index >= 15 is 0 Å². The Kier molecular flexibility index (Phi) is 4.87. The van der Waals surface area contributed by atoms with Crippen LogP contribution in [0.2, 0.25) is 0 Å². The van der Waals surface area contributed by atoms with Gasteiger partial charge in [0, 0.05) is 14.5 Å². The van der Waals surface area contributed by atoms with Crippen molar-refractivity contribution in [3.8, 4) is 0 Å². The Morgan fingerprint density at radius 1 is 1.53 bits per heavy atom. The average Bonchev–Trinajstić information content (AvgIpc) is 2.83. The maximum Gasteiger partial charge on any atom is 0.114 e. The molecule has 1 heterocycles. The van der Waals surface area contributed by atoms with Crippen LogP contribution in [-0.2, 0) is 4.74 Å². The fourth-order valence-corrected chi connectivity index (χ4v) is 2.93. The Bertz CT molecular complexity index is 433. The first-order chi connectivity index (χ1) is 8.22. The first kappa shape index (κ1) is 13.4. The zero-order chi connectivity index (χ0) is 12.3. The monoisotopic (exact) mass is 407 g/mol. The maximum atomic E-state index is 5.69. The molecule has 0 spiro atoms. The first-order valence-corrected chi connectivity index (χ1v) is 7.60. The van der Waals surface area contributed by atoms with Crippen LogP contribution in [0.25, 0.3) is 0 Å². The van der Waals surface area contributed by atoms with Crippen LogP contribution < -0.4 is 5.32 Å². The molecule has 1 atom stereocenters. The second-order valence-corrected chi connectivity index (χ2v) is 6.00. The van der Waals surface area contributed by atoms with Gasteiger partial charge in [0.1, 0.15) is 5.76 Å². The predicted molar refractivity (Wildman–Crippen MR) is 81.9 cm³/mol. The van der Waals surface area contributed by atoms with Gasteiger partial charge >= 0.3 is 0 Å². The largest absolute Gasteiger partial charge is 0.496 e. The summed E-state index contributed by atoms with van der Waals surface area (Å²) in [6.45, 7) is 3.84. The number of nitrogens with one attached hydrogen (secondary N) is 1. The Morgan fingerprint density at radius 2 is 2.35 bits per heavy atom. The molecule has 0 bridgehead atoms. The lowest BCUT2D eigenvalue weighted by atomic mass is 10.0. The van der Waals surface area contributed by atoms with Crippen LogP contribution >= 0.6 is 38.5 Å². The number of halogens is 2. The van der Waals surface area contributed by atoms with E-state index in [9.17, 15) is 0 Å². The van der Waals surface area contributed by atoms with Crippen molar-refractivity contribution in [3.63, 3.8) is 0 Å². The van der Waals surface area contributed by atoms with E-state index in [4.69, 9.17) is 4.74 Å². The summed E-state index contributed by atoms with van der Waals surface area (Å²) in [5.41, 5.74) is 1.24. The molecule has 0 radical (unpaired) electrons. The molecule has 0 aliphatic carbocycles. The molecule has 0 fully saturated rings. The molecule has 0 amide bonds. The van der Waals surface area contributed by atoms with E-state index in [1.54, 1.807) is 0 Å². The molecule has 17 heavy (non-hydrogen) atoms. The zero-order valence-electron chi connectivity index (χ0n) is 9.67. The zero-order valence-corrected chi connectivity index (χ0v) is 13.4. The molecule has 1 N–H and O–H groups in total. The molecule has 0 saturated carbocycles. The minimum atomic E-state index is 0.159. The molecule has 0 aromatic heterocycles. The number of hydrogen-bond acceptors (Lipinski definition) is 2. The van der Waals surface area contributed by atoms with Crippen molar-refractivity contribution in [2.45, 2.75) is 19.4 Å². The van der Waals surface area contributed by atoms with Crippen molar-refractivity contribution in [2.24, 2.45) is 0 Å². The summed E-state index contributed by atoms with van der Waals surface area (Å²) in [5, 5.41) is 3.48. The highest BCUT2D eigenvalue weighted by atomic mass is 127. The van der Waals surface area contributed by atoms with Crippen molar-refractivity contribution < 1.29 is 4.74 Å². The number of likely N-dealkylation sites (N-methyl/N-ethyl adjacent to an activating group) is 1. The highest BCUT2D eigenvalue weighted by Gasteiger charge is 2.22. The summed E-state index contributed by atoms with van der Waals surface area (Å²) in [6.07, 6.45) is 3.19. The summed E-state index contributed by atoms with van der Waals surface area (Å²) >= 11 is 5.96. The molecular weight excluding hydrogens is 393 g/mol. The fraction of sp³-hybridized carbons (Fsp3) is 0.385. The van der Waals surface area contributed by atoms with E-state index in [1.165, 1.54) is 9.13 Å². The second-order valence-electron chi connectivity index (χ2n) is 3.90. The van der Waals surface area contributed by atoms with E-state index in [1.807, 2.05) is 0 Å². The number of hydrogen-bond donors (Lipinski definition) is 1. The van der Waals surface area contributed by atoms with Crippen LogP contribution in [0.3, 0.4) is 0 Å². The van der Waals surface area contributed by atoms with Crippen LogP contribution in [0.4, 0.5) is 0 Å². The van der Waals surface area contributed by atoms with Gasteiger partial charge in [-0.3, -0.25) is 0 Å². The average molecular weight is 408 g/mol. The third-order valence-electron chi connectivity index (χ3n) is 2.69. The number of rotatable bonds is 4. The molecule has 1 aliphatic heterocycles. The summed E-state index contributed by atoms with van der Waals surface area (Å²) < 4.78 is 8.06. The highest BCUT2D eigenvalue weighted by Crippen LogP contribution is 2.32. The van der Waals surface area contributed by atoms with Gasteiger partial charge in [0.05, 0.1) is 12.6 Å². The molecule has 1 unspecified atom stereocenters. The van der Waals surface area contributed by atoms with Crippen LogP contribution in [0.5, 0.6) is 0 Å². The van der Waals surface area contributed by atoms with Crippen molar-refractivity contribution in [3.05, 3.63) is 43.6 Å². The molecule has 2 nitrogen and oxygen atoms in total. The Balaban J connectivity index is 2.34. The lowest BCUT2D eigenvalue weighted by Gasteiger charge is -2.21. The standard InChI is InChI=1S/C13H15BrINO/c1-2-16-13(12-4-3-7-17-12)10-8-9(15)5-6-11(10)14/h4-6,8,13,16H,2-3,7H2,1H3. The van der Waals surface area contributed by atoms with Crippen LogP contribution in [0, 0.1) is 3.57 Å². The van der Waals surface area contributed by atoms with Gasteiger partial charge in [-0.2, -0.15) is 0 Å². The molecule has 1 aromatic rings. The molecule has 1 aliphatic rings. The van der Waals surface area contributed by atoms with E-state index in [0.29, 0.717) is 0 Å². The van der Waals surface area contributed by atoms with E-state index in [2.05, 4.69) is 75.0 Å². The second kappa shape index (κ2) is 6.20. The van der Waals surface area contributed by atoms with E-state index < -0.39 is 0 Å². The lowest BCUT2D eigenvalue weighted by Crippen LogP contribution is -2.23. The van der Waals surface area contributed by atoms with Crippen molar-refractivity contribution in [1.29, 1.82) is 0 Å². The third kappa shape index (κ3) is 3.23. The molecule has 1 aromatic carbocycles. The van der Waals surface area contributed by atoms with E-state index in [0.717, 1.165) is 29.8 Å². The van der Waals surface area contributed by atoms with Gasteiger partial charge in [0.15, 0.2) is 0 Å². The van der Waals surface area contributed by atoms with Gasteiger partial charge in [0.2, 0.25) is 0 Å². The molecule has 4 heteroatoms. The highest BCUT2D eigenvalue weighted by molar-refractivity contribution is 14.1. The van der Waals surface area contributed by atoms with Gasteiger partial charge in [-0.1, -0.05) is 22.9 Å². The van der Waals surface area contributed by atoms with Crippen molar-refractivity contribution in [2.75, 3.05) is 13.2 Å². The fourth-order valence-electron chi connectivity index (χ4n) is 1.94. The summed E-state index contributed by atoms with van der Waals surface area (Å²) in [4.78, 5) is 0. The quantitative estimate of drug-likeness (QED) is 0.761.